The lowest BCUT2D eigenvalue weighted by atomic mass is 10.1. The summed E-state index contributed by atoms with van der Waals surface area (Å²) in [7, 11) is -1.53. The van der Waals surface area contributed by atoms with E-state index in [4.69, 9.17) is 0 Å². The minimum atomic E-state index is -3.20. The van der Waals surface area contributed by atoms with Crippen LogP contribution in [0.5, 0.6) is 0 Å². The molecule has 2 amide bonds. The lowest BCUT2D eigenvalue weighted by Gasteiger charge is -2.35. The number of halogens is 1. The van der Waals surface area contributed by atoms with E-state index in [1.54, 1.807) is 36.2 Å². The molecule has 1 N–H and O–H groups in total. The fourth-order valence-electron chi connectivity index (χ4n) is 3.13. The average molecular weight is 407 g/mol. The molecule has 0 bridgehead atoms. The highest BCUT2D eigenvalue weighted by molar-refractivity contribution is 7.88. The molecule has 1 aliphatic rings. The van der Waals surface area contributed by atoms with Gasteiger partial charge in [-0.2, -0.15) is 0 Å². The van der Waals surface area contributed by atoms with Gasteiger partial charge in [0.1, 0.15) is 5.82 Å². The molecule has 0 radical (unpaired) electrons. The lowest BCUT2D eigenvalue weighted by molar-refractivity contribution is 0.174. The number of sulfonamides is 1. The maximum absolute atomic E-state index is 13.3. The third-order valence-electron chi connectivity index (χ3n) is 4.78. The predicted molar refractivity (Wildman–Crippen MR) is 104 cm³/mol. The van der Waals surface area contributed by atoms with Gasteiger partial charge >= 0.3 is 6.03 Å². The van der Waals surface area contributed by atoms with E-state index in [9.17, 15) is 17.6 Å². The first kappa shape index (κ1) is 20.2. The van der Waals surface area contributed by atoms with Crippen molar-refractivity contribution in [2.45, 2.75) is 18.9 Å². The first-order chi connectivity index (χ1) is 13.2. The molecule has 28 heavy (non-hydrogen) atoms. The molecular weight excluding hydrogens is 385 g/mol. The van der Waals surface area contributed by atoms with Crippen LogP contribution in [0.3, 0.4) is 0 Å². The number of piperidine rings is 1. The molecule has 1 saturated heterocycles. The third-order valence-corrected chi connectivity index (χ3v) is 6.08. The molecule has 8 nitrogen and oxygen atoms in total. The number of aromatic nitrogens is 2. The fourth-order valence-corrected chi connectivity index (χ4v) is 4.00. The van der Waals surface area contributed by atoms with E-state index >= 15 is 0 Å². The summed E-state index contributed by atoms with van der Waals surface area (Å²) in [5, 5.41) is 10.7. The molecule has 3 rings (SSSR count). The Morgan fingerprint density at radius 3 is 2.50 bits per heavy atom. The van der Waals surface area contributed by atoms with Crippen molar-refractivity contribution in [3.63, 3.8) is 0 Å². The molecule has 1 fully saturated rings. The monoisotopic (exact) mass is 407 g/mol. The SMILES string of the molecule is CN(C(=O)Nc1ccc(-c2cccc(F)c2)nn1)C1CCN(S(C)(=O)=O)CC1. The van der Waals surface area contributed by atoms with Crippen LogP contribution in [0.25, 0.3) is 11.3 Å². The number of nitrogens with zero attached hydrogens (tertiary/aromatic N) is 4. The Labute approximate surface area is 163 Å². The second-order valence-corrected chi connectivity index (χ2v) is 8.73. The molecular formula is C18H22FN5O3S. The van der Waals surface area contributed by atoms with Crippen LogP contribution in [0.4, 0.5) is 15.0 Å². The molecule has 10 heteroatoms. The van der Waals surface area contributed by atoms with Crippen molar-refractivity contribution in [1.29, 1.82) is 0 Å². The largest absolute Gasteiger partial charge is 0.324 e. The summed E-state index contributed by atoms with van der Waals surface area (Å²) in [6, 6.07) is 8.88. The van der Waals surface area contributed by atoms with Crippen molar-refractivity contribution in [1.82, 2.24) is 19.4 Å². The van der Waals surface area contributed by atoms with Gasteiger partial charge < -0.3 is 4.90 Å². The lowest BCUT2D eigenvalue weighted by Crippen LogP contribution is -2.48. The highest BCUT2D eigenvalue weighted by atomic mass is 32.2. The normalized spacial score (nSPS) is 16.0. The number of rotatable bonds is 4. The van der Waals surface area contributed by atoms with Crippen LogP contribution in [0.15, 0.2) is 36.4 Å². The van der Waals surface area contributed by atoms with E-state index in [1.165, 1.54) is 22.7 Å². The quantitative estimate of drug-likeness (QED) is 0.838. The van der Waals surface area contributed by atoms with Gasteiger partial charge in [-0.05, 0) is 37.1 Å². The average Bonchev–Trinajstić information content (AvgIpc) is 2.67. The second-order valence-electron chi connectivity index (χ2n) is 6.75. The summed E-state index contributed by atoms with van der Waals surface area (Å²) in [5.41, 5.74) is 1.10. The van der Waals surface area contributed by atoms with Gasteiger partial charge in [0.05, 0.1) is 11.9 Å². The molecule has 2 heterocycles. The van der Waals surface area contributed by atoms with Crippen molar-refractivity contribution >= 4 is 21.9 Å². The summed E-state index contributed by atoms with van der Waals surface area (Å²) < 4.78 is 37.9. The topological polar surface area (TPSA) is 95.5 Å². The Balaban J connectivity index is 1.58. The van der Waals surface area contributed by atoms with Gasteiger partial charge in [-0.15, -0.1) is 10.2 Å². The molecule has 0 atom stereocenters. The number of amides is 2. The molecule has 0 spiro atoms. The summed E-state index contributed by atoms with van der Waals surface area (Å²) >= 11 is 0. The molecule has 1 aromatic heterocycles. The zero-order valence-electron chi connectivity index (χ0n) is 15.7. The van der Waals surface area contributed by atoms with Crippen LogP contribution in [0.1, 0.15) is 12.8 Å². The second kappa shape index (κ2) is 8.19. The van der Waals surface area contributed by atoms with Crippen molar-refractivity contribution in [3.8, 4) is 11.3 Å². The number of hydrogen-bond acceptors (Lipinski definition) is 5. The molecule has 1 aliphatic heterocycles. The standard InChI is InChI=1S/C18H22FN5O3S/c1-23(15-8-10-24(11-9-15)28(2,26)27)18(25)20-17-7-6-16(21-22-17)13-4-3-5-14(19)12-13/h3-7,12,15H,8-11H2,1-2H3,(H,20,22,25). The minimum absolute atomic E-state index is 0.0578. The molecule has 0 saturated carbocycles. The summed E-state index contributed by atoms with van der Waals surface area (Å²) in [6.45, 7) is 0.784. The first-order valence-corrected chi connectivity index (χ1v) is 10.7. The zero-order valence-corrected chi connectivity index (χ0v) is 16.5. The Hall–Kier alpha value is -2.59. The highest BCUT2D eigenvalue weighted by Crippen LogP contribution is 2.20. The molecule has 1 aromatic carbocycles. The van der Waals surface area contributed by atoms with Crippen molar-refractivity contribution in [3.05, 3.63) is 42.2 Å². The number of benzene rings is 1. The van der Waals surface area contributed by atoms with Gasteiger partial charge in [0.25, 0.3) is 0 Å². The predicted octanol–water partition coefficient (Wildman–Crippen LogP) is 2.17. The number of carbonyl (C=O) groups excluding carboxylic acids is 1. The van der Waals surface area contributed by atoms with Crippen molar-refractivity contribution < 1.29 is 17.6 Å². The Kier molecular flexibility index (Phi) is 5.90. The van der Waals surface area contributed by atoms with Gasteiger partial charge in [-0.3, -0.25) is 5.32 Å². The van der Waals surface area contributed by atoms with E-state index in [0.29, 0.717) is 37.2 Å². The number of hydrogen-bond donors (Lipinski definition) is 1. The van der Waals surface area contributed by atoms with Crippen LogP contribution in [-0.2, 0) is 10.0 Å². The first-order valence-electron chi connectivity index (χ1n) is 8.82. The number of urea groups is 1. The molecule has 2 aromatic rings. The number of anilines is 1. The zero-order chi connectivity index (χ0) is 20.3. The van der Waals surface area contributed by atoms with Gasteiger partial charge in [-0.25, -0.2) is 21.9 Å². The van der Waals surface area contributed by atoms with Crippen molar-refractivity contribution in [2.75, 3.05) is 31.7 Å². The Morgan fingerprint density at radius 2 is 1.93 bits per heavy atom. The van der Waals surface area contributed by atoms with Gasteiger partial charge in [-0.1, -0.05) is 12.1 Å². The minimum Gasteiger partial charge on any atom is -0.324 e. The van der Waals surface area contributed by atoms with E-state index in [-0.39, 0.29) is 23.7 Å². The van der Waals surface area contributed by atoms with E-state index in [1.807, 2.05) is 0 Å². The Bertz CT molecular complexity index is 944. The molecule has 0 aliphatic carbocycles. The maximum Gasteiger partial charge on any atom is 0.323 e. The van der Waals surface area contributed by atoms with Crippen LogP contribution < -0.4 is 5.32 Å². The van der Waals surface area contributed by atoms with Gasteiger partial charge in [0.15, 0.2) is 5.82 Å². The van der Waals surface area contributed by atoms with Crippen LogP contribution in [-0.4, -0.2) is 66.3 Å². The summed E-state index contributed by atoms with van der Waals surface area (Å²) in [4.78, 5) is 14.0. The van der Waals surface area contributed by atoms with Gasteiger partial charge in [0.2, 0.25) is 10.0 Å². The smallest absolute Gasteiger partial charge is 0.323 e. The summed E-state index contributed by atoms with van der Waals surface area (Å²) in [6.07, 6.45) is 2.33. The van der Waals surface area contributed by atoms with Crippen LogP contribution in [0, 0.1) is 5.82 Å². The van der Waals surface area contributed by atoms with E-state index < -0.39 is 10.0 Å². The molecule has 150 valence electrons. The summed E-state index contributed by atoms with van der Waals surface area (Å²) in [5.74, 6) is -0.0780. The van der Waals surface area contributed by atoms with Gasteiger partial charge in [0, 0.05) is 31.7 Å². The number of nitrogens with one attached hydrogen (secondary N) is 1. The fraction of sp³-hybridized carbons (Fsp3) is 0.389. The highest BCUT2D eigenvalue weighted by Gasteiger charge is 2.29. The van der Waals surface area contributed by atoms with Crippen LogP contribution in [0.2, 0.25) is 0 Å². The van der Waals surface area contributed by atoms with Crippen LogP contribution >= 0.6 is 0 Å². The van der Waals surface area contributed by atoms with E-state index in [0.717, 1.165) is 0 Å². The number of carbonyl (C=O) groups is 1. The van der Waals surface area contributed by atoms with E-state index in [2.05, 4.69) is 15.5 Å². The maximum atomic E-state index is 13.3. The third kappa shape index (κ3) is 4.82. The van der Waals surface area contributed by atoms with Crippen molar-refractivity contribution in [2.24, 2.45) is 0 Å². The molecule has 0 unspecified atom stereocenters. The Morgan fingerprint density at radius 1 is 1.21 bits per heavy atom.